The lowest BCUT2D eigenvalue weighted by Crippen LogP contribution is -2.00. The number of anilines is 1. The van der Waals surface area contributed by atoms with Crippen LogP contribution in [-0.2, 0) is 0 Å². The topological polar surface area (TPSA) is 92.5 Å². The van der Waals surface area contributed by atoms with Gasteiger partial charge in [0.25, 0.3) is 5.95 Å². The number of rotatable bonds is 5. The van der Waals surface area contributed by atoms with E-state index in [1.165, 1.54) is 0 Å². The summed E-state index contributed by atoms with van der Waals surface area (Å²) in [6.07, 6.45) is 3.10. The fraction of sp³-hybridized carbons (Fsp3) is 0.0588. The number of nitrogens with zero attached hydrogens (tertiary/aromatic N) is 4. The first kappa shape index (κ1) is 16.8. The standard InChI is InChI=1S/C17H14BrN5O2/c1-25-16-5-3-2-4-13(16)15-10-20-23-17(21-15)22-19-9-11-8-12(24)6-7-14(11)18/h2-10,24H,1H3,(H,21,22,23)/b19-9+. The van der Waals surface area contributed by atoms with Crippen LogP contribution in [0.25, 0.3) is 11.3 Å². The van der Waals surface area contributed by atoms with Crippen LogP contribution in [0.1, 0.15) is 5.56 Å². The molecule has 0 atom stereocenters. The number of aromatic nitrogens is 3. The largest absolute Gasteiger partial charge is 0.508 e. The van der Waals surface area contributed by atoms with Gasteiger partial charge in [-0.3, -0.25) is 0 Å². The number of hydrogen-bond donors (Lipinski definition) is 2. The minimum absolute atomic E-state index is 0.153. The molecule has 1 heterocycles. The maximum absolute atomic E-state index is 9.52. The summed E-state index contributed by atoms with van der Waals surface area (Å²) in [5.41, 5.74) is 4.86. The predicted molar refractivity (Wildman–Crippen MR) is 98.8 cm³/mol. The van der Waals surface area contributed by atoms with Crippen molar-refractivity contribution < 1.29 is 9.84 Å². The van der Waals surface area contributed by atoms with Gasteiger partial charge >= 0.3 is 0 Å². The molecule has 3 aromatic rings. The number of phenols is 1. The number of hydrogen-bond acceptors (Lipinski definition) is 7. The Hall–Kier alpha value is -3.00. The fourth-order valence-corrected chi connectivity index (χ4v) is 2.48. The van der Waals surface area contributed by atoms with Crippen molar-refractivity contribution in [1.29, 1.82) is 0 Å². The van der Waals surface area contributed by atoms with Crippen LogP contribution in [0.3, 0.4) is 0 Å². The molecule has 8 heteroatoms. The Labute approximate surface area is 152 Å². The van der Waals surface area contributed by atoms with E-state index in [1.807, 2.05) is 24.3 Å². The molecule has 0 aliphatic heterocycles. The van der Waals surface area contributed by atoms with E-state index in [9.17, 15) is 5.11 Å². The Balaban J connectivity index is 1.80. The summed E-state index contributed by atoms with van der Waals surface area (Å²) in [4.78, 5) is 4.38. The van der Waals surface area contributed by atoms with Gasteiger partial charge in [-0.15, -0.1) is 5.10 Å². The van der Waals surface area contributed by atoms with Gasteiger partial charge in [0.2, 0.25) is 0 Å². The summed E-state index contributed by atoms with van der Waals surface area (Å²) in [5, 5.41) is 21.4. The molecule has 0 bridgehead atoms. The molecule has 0 spiro atoms. The molecule has 3 rings (SSSR count). The Morgan fingerprint density at radius 2 is 2.08 bits per heavy atom. The van der Waals surface area contributed by atoms with Crippen LogP contribution in [0, 0.1) is 0 Å². The lowest BCUT2D eigenvalue weighted by Gasteiger charge is -2.07. The van der Waals surface area contributed by atoms with Gasteiger partial charge in [-0.05, 0) is 30.3 Å². The lowest BCUT2D eigenvalue weighted by atomic mass is 10.1. The maximum Gasteiger partial charge on any atom is 0.263 e. The highest BCUT2D eigenvalue weighted by Crippen LogP contribution is 2.27. The van der Waals surface area contributed by atoms with Gasteiger partial charge < -0.3 is 9.84 Å². The Bertz CT molecular complexity index is 917. The molecule has 0 aliphatic carbocycles. The highest BCUT2D eigenvalue weighted by molar-refractivity contribution is 9.10. The van der Waals surface area contributed by atoms with E-state index in [4.69, 9.17) is 4.74 Å². The second-order valence-corrected chi connectivity index (χ2v) is 5.80. The third-order valence-electron chi connectivity index (χ3n) is 3.29. The number of para-hydroxylation sites is 1. The Kier molecular flexibility index (Phi) is 5.20. The molecular weight excluding hydrogens is 386 g/mol. The lowest BCUT2D eigenvalue weighted by molar-refractivity contribution is 0.416. The van der Waals surface area contributed by atoms with Gasteiger partial charge in [0.15, 0.2) is 0 Å². The van der Waals surface area contributed by atoms with Crippen LogP contribution in [0.2, 0.25) is 0 Å². The van der Waals surface area contributed by atoms with Crippen molar-refractivity contribution in [2.45, 2.75) is 0 Å². The minimum Gasteiger partial charge on any atom is -0.508 e. The van der Waals surface area contributed by atoms with E-state index in [-0.39, 0.29) is 11.7 Å². The minimum atomic E-state index is 0.153. The summed E-state index contributed by atoms with van der Waals surface area (Å²) in [6.45, 7) is 0. The smallest absolute Gasteiger partial charge is 0.263 e. The quantitative estimate of drug-likeness (QED) is 0.504. The van der Waals surface area contributed by atoms with Crippen molar-refractivity contribution in [2.75, 3.05) is 12.5 Å². The van der Waals surface area contributed by atoms with Crippen LogP contribution >= 0.6 is 15.9 Å². The Morgan fingerprint density at radius 3 is 2.92 bits per heavy atom. The number of halogens is 1. The molecule has 0 saturated carbocycles. The zero-order valence-electron chi connectivity index (χ0n) is 13.2. The van der Waals surface area contributed by atoms with E-state index in [0.29, 0.717) is 17.0 Å². The molecule has 0 amide bonds. The monoisotopic (exact) mass is 399 g/mol. The van der Waals surface area contributed by atoms with Gasteiger partial charge in [0.05, 0.1) is 25.2 Å². The summed E-state index contributed by atoms with van der Waals surface area (Å²) >= 11 is 3.39. The average Bonchev–Trinajstić information content (AvgIpc) is 2.65. The normalized spacial score (nSPS) is 10.8. The molecule has 0 saturated heterocycles. The van der Waals surface area contributed by atoms with E-state index >= 15 is 0 Å². The molecule has 126 valence electrons. The zero-order valence-corrected chi connectivity index (χ0v) is 14.8. The van der Waals surface area contributed by atoms with Crippen molar-refractivity contribution in [3.63, 3.8) is 0 Å². The molecular formula is C17H14BrN5O2. The van der Waals surface area contributed by atoms with Crippen LogP contribution in [0.4, 0.5) is 5.95 Å². The SMILES string of the molecule is COc1ccccc1-c1cnnc(N/N=C/c2cc(O)ccc2Br)n1. The van der Waals surface area contributed by atoms with Crippen molar-refractivity contribution in [3.8, 4) is 22.8 Å². The van der Waals surface area contributed by atoms with E-state index in [1.54, 1.807) is 37.7 Å². The zero-order chi connectivity index (χ0) is 17.6. The van der Waals surface area contributed by atoms with Gasteiger partial charge in [-0.2, -0.15) is 10.2 Å². The third-order valence-corrected chi connectivity index (χ3v) is 4.01. The van der Waals surface area contributed by atoms with Gasteiger partial charge in [-0.25, -0.2) is 10.4 Å². The first-order valence-electron chi connectivity index (χ1n) is 7.28. The van der Waals surface area contributed by atoms with Gasteiger partial charge in [-0.1, -0.05) is 28.1 Å². The molecule has 0 unspecified atom stereocenters. The third kappa shape index (κ3) is 4.10. The van der Waals surface area contributed by atoms with Crippen molar-refractivity contribution in [3.05, 3.63) is 58.7 Å². The van der Waals surface area contributed by atoms with Gasteiger partial charge in [0.1, 0.15) is 11.5 Å². The first-order valence-corrected chi connectivity index (χ1v) is 8.07. The van der Waals surface area contributed by atoms with Gasteiger partial charge in [0, 0.05) is 15.6 Å². The summed E-state index contributed by atoms with van der Waals surface area (Å²) < 4.78 is 6.14. The second kappa shape index (κ2) is 7.71. The number of phenolic OH excluding ortho intramolecular Hbond substituents is 1. The first-order chi connectivity index (χ1) is 12.2. The number of ether oxygens (including phenoxy) is 1. The molecule has 7 nitrogen and oxygen atoms in total. The number of methoxy groups -OCH3 is 1. The number of hydrazone groups is 1. The number of benzene rings is 2. The molecule has 1 aromatic heterocycles. The number of aromatic hydroxyl groups is 1. The summed E-state index contributed by atoms with van der Waals surface area (Å²) in [7, 11) is 1.60. The molecule has 0 radical (unpaired) electrons. The van der Waals surface area contributed by atoms with Crippen molar-refractivity contribution in [1.82, 2.24) is 15.2 Å². The van der Waals surface area contributed by atoms with E-state index in [2.05, 4.69) is 41.6 Å². The highest BCUT2D eigenvalue weighted by Gasteiger charge is 2.08. The molecule has 0 aliphatic rings. The fourth-order valence-electron chi connectivity index (χ4n) is 2.13. The molecule has 25 heavy (non-hydrogen) atoms. The summed E-state index contributed by atoms with van der Waals surface area (Å²) in [5.74, 6) is 1.10. The van der Waals surface area contributed by atoms with E-state index in [0.717, 1.165) is 10.0 Å². The number of nitrogens with one attached hydrogen (secondary N) is 1. The molecule has 0 fully saturated rings. The maximum atomic E-state index is 9.52. The van der Waals surface area contributed by atoms with Crippen LogP contribution < -0.4 is 10.2 Å². The molecule has 2 aromatic carbocycles. The van der Waals surface area contributed by atoms with E-state index < -0.39 is 0 Å². The average molecular weight is 400 g/mol. The van der Waals surface area contributed by atoms with Crippen LogP contribution in [-0.4, -0.2) is 33.6 Å². The predicted octanol–water partition coefficient (Wildman–Crippen LogP) is 3.46. The summed E-state index contributed by atoms with van der Waals surface area (Å²) in [6, 6.07) is 12.4. The van der Waals surface area contributed by atoms with Crippen LogP contribution in [0.15, 0.2) is 58.2 Å². The highest BCUT2D eigenvalue weighted by atomic mass is 79.9. The second-order valence-electron chi connectivity index (χ2n) is 4.94. The Morgan fingerprint density at radius 1 is 1.24 bits per heavy atom. The van der Waals surface area contributed by atoms with Crippen LogP contribution in [0.5, 0.6) is 11.5 Å². The molecule has 2 N–H and O–H groups in total. The van der Waals surface area contributed by atoms with Crippen molar-refractivity contribution in [2.24, 2.45) is 5.10 Å². The van der Waals surface area contributed by atoms with Crippen molar-refractivity contribution >= 4 is 28.1 Å².